The summed E-state index contributed by atoms with van der Waals surface area (Å²) in [5, 5.41) is 0. The topological polar surface area (TPSA) is 61.8 Å². The molecule has 0 aliphatic rings. The summed E-state index contributed by atoms with van der Waals surface area (Å²) < 4.78 is 13.8. The van der Waals surface area contributed by atoms with Crippen LogP contribution in [0.4, 0.5) is 4.79 Å². The highest BCUT2D eigenvalue weighted by Gasteiger charge is 2.03. The van der Waals surface area contributed by atoms with E-state index in [9.17, 15) is 9.59 Å². The molecule has 5 heteroatoms. The second-order valence-corrected chi connectivity index (χ2v) is 3.33. The van der Waals surface area contributed by atoms with Crippen LogP contribution in [0.25, 0.3) is 0 Å². The van der Waals surface area contributed by atoms with Gasteiger partial charge in [-0.15, -0.1) is 0 Å². The molecule has 0 rings (SSSR count). The van der Waals surface area contributed by atoms with Gasteiger partial charge in [-0.05, 0) is 6.42 Å². The molecule has 0 radical (unpaired) electrons. The Morgan fingerprint density at radius 1 is 1.00 bits per heavy atom. The molecule has 0 atom stereocenters. The van der Waals surface area contributed by atoms with Crippen molar-refractivity contribution in [3.05, 3.63) is 0 Å². The van der Waals surface area contributed by atoms with Crippen LogP contribution in [-0.4, -0.2) is 32.4 Å². The van der Waals surface area contributed by atoms with E-state index in [0.29, 0.717) is 12.8 Å². The van der Waals surface area contributed by atoms with Crippen molar-refractivity contribution in [3.8, 4) is 0 Å². The van der Waals surface area contributed by atoms with Gasteiger partial charge in [-0.1, -0.05) is 19.8 Å². The van der Waals surface area contributed by atoms with E-state index >= 15 is 0 Å². The van der Waals surface area contributed by atoms with Gasteiger partial charge in [-0.3, -0.25) is 4.79 Å². The zero-order valence-corrected chi connectivity index (χ0v) is 9.99. The number of carbonyl (C=O) groups is 2. The highest BCUT2D eigenvalue weighted by atomic mass is 16.7. The number of hydrogen-bond acceptors (Lipinski definition) is 5. The Balaban J connectivity index is 3.24. The van der Waals surface area contributed by atoms with Gasteiger partial charge in [0.25, 0.3) is 0 Å². The summed E-state index contributed by atoms with van der Waals surface area (Å²) in [6, 6.07) is 0. The Labute approximate surface area is 96.1 Å². The van der Waals surface area contributed by atoms with E-state index in [-0.39, 0.29) is 19.2 Å². The minimum atomic E-state index is -0.714. The molecule has 5 nitrogen and oxygen atoms in total. The van der Waals surface area contributed by atoms with Gasteiger partial charge in [0.2, 0.25) is 0 Å². The summed E-state index contributed by atoms with van der Waals surface area (Å²) in [5.41, 5.74) is 0. The molecule has 0 saturated carbocycles. The van der Waals surface area contributed by atoms with Gasteiger partial charge >= 0.3 is 12.1 Å². The number of unbranched alkanes of at least 4 members (excludes halogenated alkanes) is 2. The van der Waals surface area contributed by atoms with Gasteiger partial charge in [0.05, 0.1) is 20.3 Å². The molecular formula is C11H20O5. The van der Waals surface area contributed by atoms with Crippen molar-refractivity contribution in [2.24, 2.45) is 0 Å². The average Bonchev–Trinajstić information content (AvgIpc) is 2.28. The average molecular weight is 232 g/mol. The van der Waals surface area contributed by atoms with E-state index in [2.05, 4.69) is 16.4 Å². The molecule has 0 aromatic heterocycles. The summed E-state index contributed by atoms with van der Waals surface area (Å²) in [7, 11) is 1.25. The normalized spacial score (nSPS) is 9.62. The minimum Gasteiger partial charge on any atom is -0.466 e. The fourth-order valence-corrected chi connectivity index (χ4v) is 1.05. The molecule has 94 valence electrons. The van der Waals surface area contributed by atoms with Crippen LogP contribution in [0.5, 0.6) is 0 Å². The van der Waals surface area contributed by atoms with E-state index in [0.717, 1.165) is 19.3 Å². The van der Waals surface area contributed by atoms with Crippen molar-refractivity contribution >= 4 is 12.1 Å². The van der Waals surface area contributed by atoms with Crippen molar-refractivity contribution in [1.29, 1.82) is 0 Å². The first-order valence-electron chi connectivity index (χ1n) is 5.57. The maximum absolute atomic E-state index is 11.1. The van der Waals surface area contributed by atoms with Crippen LogP contribution in [-0.2, 0) is 19.0 Å². The fourth-order valence-electron chi connectivity index (χ4n) is 1.05. The van der Waals surface area contributed by atoms with Crippen molar-refractivity contribution in [2.45, 2.75) is 39.0 Å². The summed E-state index contributed by atoms with van der Waals surface area (Å²) in [5.74, 6) is -0.188. The zero-order valence-electron chi connectivity index (χ0n) is 9.99. The Morgan fingerprint density at radius 2 is 1.69 bits per heavy atom. The molecule has 0 aliphatic carbocycles. The van der Waals surface area contributed by atoms with Crippen LogP contribution >= 0.6 is 0 Å². The lowest BCUT2D eigenvalue weighted by Gasteiger charge is -2.05. The first kappa shape index (κ1) is 14.7. The predicted molar refractivity (Wildman–Crippen MR) is 58.1 cm³/mol. The lowest BCUT2D eigenvalue weighted by molar-refractivity contribution is -0.144. The Morgan fingerprint density at radius 3 is 2.31 bits per heavy atom. The molecule has 0 aromatic rings. The van der Waals surface area contributed by atoms with Crippen LogP contribution < -0.4 is 0 Å². The molecule has 0 N–H and O–H groups in total. The number of hydrogen-bond donors (Lipinski definition) is 0. The predicted octanol–water partition coefficient (Wildman–Crippen LogP) is 2.28. The van der Waals surface area contributed by atoms with Crippen molar-refractivity contribution < 1.29 is 23.8 Å². The Hall–Kier alpha value is -1.26. The van der Waals surface area contributed by atoms with Gasteiger partial charge in [-0.25, -0.2) is 4.79 Å². The number of methoxy groups -OCH3 is 1. The van der Waals surface area contributed by atoms with E-state index in [1.54, 1.807) is 0 Å². The number of ether oxygens (including phenoxy) is 3. The molecule has 0 unspecified atom stereocenters. The smallest absolute Gasteiger partial charge is 0.466 e. The Bertz CT molecular complexity index is 203. The molecule has 0 heterocycles. The largest absolute Gasteiger partial charge is 0.507 e. The molecule has 0 bridgehead atoms. The lowest BCUT2D eigenvalue weighted by atomic mass is 10.2. The van der Waals surface area contributed by atoms with Gasteiger partial charge in [0.1, 0.15) is 0 Å². The van der Waals surface area contributed by atoms with Crippen LogP contribution in [0.2, 0.25) is 0 Å². The van der Waals surface area contributed by atoms with Crippen molar-refractivity contribution in [1.82, 2.24) is 0 Å². The van der Waals surface area contributed by atoms with Gasteiger partial charge in [0.15, 0.2) is 0 Å². The molecule has 0 saturated heterocycles. The van der Waals surface area contributed by atoms with Crippen LogP contribution in [0.15, 0.2) is 0 Å². The molecule has 0 aromatic carbocycles. The van der Waals surface area contributed by atoms with Crippen LogP contribution in [0, 0.1) is 0 Å². The molecule has 16 heavy (non-hydrogen) atoms. The number of rotatable bonds is 8. The summed E-state index contributed by atoms with van der Waals surface area (Å²) in [6.45, 7) is 2.56. The molecule has 0 amide bonds. The standard InChI is InChI=1S/C11H20O5/c1-3-4-5-7-10(12)15-8-6-9-16-11(13)14-2/h3-9H2,1-2H3. The van der Waals surface area contributed by atoms with E-state index < -0.39 is 6.16 Å². The van der Waals surface area contributed by atoms with Gasteiger partial charge < -0.3 is 14.2 Å². The SMILES string of the molecule is CCCCCC(=O)OCCCOC(=O)OC. The third kappa shape index (κ3) is 9.30. The highest BCUT2D eigenvalue weighted by molar-refractivity contribution is 5.69. The third-order valence-electron chi connectivity index (χ3n) is 1.92. The molecule has 0 aliphatic heterocycles. The maximum atomic E-state index is 11.1. The molecular weight excluding hydrogens is 212 g/mol. The van der Waals surface area contributed by atoms with Crippen molar-refractivity contribution in [2.75, 3.05) is 20.3 Å². The van der Waals surface area contributed by atoms with E-state index in [1.807, 2.05) is 0 Å². The lowest BCUT2D eigenvalue weighted by Crippen LogP contribution is -2.10. The minimum absolute atomic E-state index is 0.188. The summed E-state index contributed by atoms with van der Waals surface area (Å²) >= 11 is 0. The number of carbonyl (C=O) groups excluding carboxylic acids is 2. The van der Waals surface area contributed by atoms with E-state index in [4.69, 9.17) is 4.74 Å². The number of esters is 1. The molecule has 0 fully saturated rings. The Kier molecular flexibility index (Phi) is 9.46. The van der Waals surface area contributed by atoms with E-state index in [1.165, 1.54) is 7.11 Å². The second kappa shape index (κ2) is 10.3. The zero-order chi connectivity index (χ0) is 12.2. The van der Waals surface area contributed by atoms with Gasteiger partial charge in [0, 0.05) is 12.8 Å². The third-order valence-corrected chi connectivity index (χ3v) is 1.92. The summed E-state index contributed by atoms with van der Waals surface area (Å²) in [4.78, 5) is 21.6. The van der Waals surface area contributed by atoms with Crippen molar-refractivity contribution in [3.63, 3.8) is 0 Å². The highest BCUT2D eigenvalue weighted by Crippen LogP contribution is 2.00. The monoisotopic (exact) mass is 232 g/mol. The van der Waals surface area contributed by atoms with Crippen LogP contribution in [0.1, 0.15) is 39.0 Å². The summed E-state index contributed by atoms with van der Waals surface area (Å²) in [6.07, 6.45) is 3.24. The second-order valence-electron chi connectivity index (χ2n) is 3.33. The molecule has 0 spiro atoms. The van der Waals surface area contributed by atoms with Gasteiger partial charge in [-0.2, -0.15) is 0 Å². The fraction of sp³-hybridized carbons (Fsp3) is 0.818. The first-order valence-corrected chi connectivity index (χ1v) is 5.57. The maximum Gasteiger partial charge on any atom is 0.507 e. The van der Waals surface area contributed by atoms with Crippen LogP contribution in [0.3, 0.4) is 0 Å². The first-order chi connectivity index (χ1) is 7.70. The quantitative estimate of drug-likeness (QED) is 0.474.